The molecule has 1 saturated heterocycles. The van der Waals surface area contributed by atoms with Crippen molar-refractivity contribution in [2.75, 3.05) is 0 Å². The molecule has 0 aromatic carbocycles. The van der Waals surface area contributed by atoms with Gasteiger partial charge in [0.2, 0.25) is 0 Å². The van der Waals surface area contributed by atoms with Crippen LogP contribution in [-0.2, 0) is 4.79 Å². The van der Waals surface area contributed by atoms with Gasteiger partial charge < -0.3 is 0 Å². The van der Waals surface area contributed by atoms with E-state index in [1.54, 1.807) is 0 Å². The molecule has 1 heterocycles. The number of nitrogens with zero attached hydrogens (tertiary/aromatic N) is 2. The number of nitrogens with one attached hydrogen (secondary N) is 1. The molecule has 2 atom stereocenters. The van der Waals surface area contributed by atoms with Gasteiger partial charge in [0.15, 0.2) is 0 Å². The highest BCUT2D eigenvalue weighted by Crippen LogP contribution is 2.43. The van der Waals surface area contributed by atoms with Crippen LogP contribution in [0.1, 0.15) is 41.0 Å². The third kappa shape index (κ3) is 2.41. The van der Waals surface area contributed by atoms with Crippen molar-refractivity contribution in [1.29, 1.82) is 5.26 Å². The number of hydrazine groups is 1. The van der Waals surface area contributed by atoms with Gasteiger partial charge in [0, 0.05) is 5.54 Å². The molecular formula is C14H23N3O. The largest absolute Gasteiger partial charge is 0.284 e. The summed E-state index contributed by atoms with van der Waals surface area (Å²) in [6.45, 7) is 13.7. The van der Waals surface area contributed by atoms with E-state index in [9.17, 15) is 10.1 Å². The van der Waals surface area contributed by atoms with Crippen LogP contribution < -0.4 is 5.43 Å². The van der Waals surface area contributed by atoms with Crippen molar-refractivity contribution < 1.29 is 4.79 Å². The summed E-state index contributed by atoms with van der Waals surface area (Å²) in [4.78, 5) is 11.6. The molecule has 0 radical (unpaired) electrons. The number of carbonyl (C=O) groups is 1. The van der Waals surface area contributed by atoms with Crippen LogP contribution in [0.5, 0.6) is 0 Å². The maximum atomic E-state index is 11.6. The minimum atomic E-state index is -0.408. The monoisotopic (exact) mass is 249 g/mol. The van der Waals surface area contributed by atoms with E-state index in [1.165, 1.54) is 6.08 Å². The predicted octanol–water partition coefficient (Wildman–Crippen LogP) is 2.24. The lowest BCUT2D eigenvalue weighted by atomic mass is 9.68. The summed E-state index contributed by atoms with van der Waals surface area (Å²) in [5.41, 5.74) is 2.27. The molecule has 1 rings (SSSR count). The highest BCUT2D eigenvalue weighted by atomic mass is 16.2. The Morgan fingerprint density at radius 3 is 2.50 bits per heavy atom. The summed E-state index contributed by atoms with van der Waals surface area (Å²) in [6, 6.07) is 2.38. The van der Waals surface area contributed by atoms with Crippen molar-refractivity contribution in [3.05, 3.63) is 12.7 Å². The van der Waals surface area contributed by atoms with Crippen LogP contribution >= 0.6 is 0 Å². The summed E-state index contributed by atoms with van der Waals surface area (Å²) in [7, 11) is 0. The standard InChI is InChI=1S/C14H23N3O/c1-7-12(18)16-17-13(3,4)8-10(2)11(9-15)14(17,5)6/h7,10-11H,1,8H2,2-6H3,(H,16,18). The maximum absolute atomic E-state index is 11.6. The molecule has 1 aliphatic rings. The van der Waals surface area contributed by atoms with E-state index in [1.807, 2.05) is 18.9 Å². The maximum Gasteiger partial charge on any atom is 0.257 e. The Morgan fingerprint density at radius 2 is 2.06 bits per heavy atom. The molecule has 4 heteroatoms. The van der Waals surface area contributed by atoms with Crippen LogP contribution in [0.2, 0.25) is 0 Å². The molecule has 0 aromatic rings. The first-order chi connectivity index (χ1) is 8.16. The van der Waals surface area contributed by atoms with Gasteiger partial charge in [-0.25, -0.2) is 5.01 Å². The third-order valence-corrected chi connectivity index (χ3v) is 3.88. The molecule has 0 bridgehead atoms. The second-order valence-electron chi connectivity index (χ2n) is 6.27. The lowest BCUT2D eigenvalue weighted by Crippen LogP contribution is -2.69. The molecule has 1 amide bonds. The zero-order chi connectivity index (χ0) is 14.1. The first kappa shape index (κ1) is 14.7. The summed E-state index contributed by atoms with van der Waals surface area (Å²) >= 11 is 0. The van der Waals surface area contributed by atoms with Gasteiger partial charge in [-0.1, -0.05) is 13.5 Å². The Kier molecular flexibility index (Phi) is 3.87. The number of hydrogen-bond acceptors (Lipinski definition) is 3. The van der Waals surface area contributed by atoms with Crippen LogP contribution in [0, 0.1) is 23.2 Å². The summed E-state index contributed by atoms with van der Waals surface area (Å²) in [6.07, 6.45) is 2.12. The molecule has 4 nitrogen and oxygen atoms in total. The van der Waals surface area contributed by atoms with Crippen LogP contribution in [0.3, 0.4) is 0 Å². The van der Waals surface area contributed by atoms with Crippen LogP contribution in [0.15, 0.2) is 12.7 Å². The SMILES string of the molecule is C=CC(=O)NN1C(C)(C)CC(C)C(C#N)C1(C)C. The van der Waals surface area contributed by atoms with Crippen molar-refractivity contribution in [3.63, 3.8) is 0 Å². The van der Waals surface area contributed by atoms with Crippen LogP contribution in [0.25, 0.3) is 0 Å². The van der Waals surface area contributed by atoms with E-state index in [0.717, 1.165) is 6.42 Å². The van der Waals surface area contributed by atoms with E-state index in [2.05, 4.69) is 38.8 Å². The second-order valence-corrected chi connectivity index (χ2v) is 6.27. The fourth-order valence-corrected chi connectivity index (χ4v) is 3.35. The highest BCUT2D eigenvalue weighted by Gasteiger charge is 2.51. The van der Waals surface area contributed by atoms with Crippen molar-refractivity contribution in [2.45, 2.75) is 52.1 Å². The van der Waals surface area contributed by atoms with Gasteiger partial charge >= 0.3 is 0 Å². The second kappa shape index (κ2) is 4.74. The van der Waals surface area contributed by atoms with Crippen molar-refractivity contribution in [1.82, 2.24) is 10.4 Å². The number of carbonyl (C=O) groups excluding carboxylic acids is 1. The van der Waals surface area contributed by atoms with Crippen LogP contribution in [-0.4, -0.2) is 22.0 Å². The normalized spacial score (nSPS) is 30.2. The first-order valence-corrected chi connectivity index (χ1v) is 6.30. The van der Waals surface area contributed by atoms with Crippen LogP contribution in [0.4, 0.5) is 0 Å². The van der Waals surface area contributed by atoms with Crippen molar-refractivity contribution in [3.8, 4) is 6.07 Å². The lowest BCUT2D eigenvalue weighted by molar-refractivity contribution is -0.143. The number of piperidine rings is 1. The topological polar surface area (TPSA) is 56.1 Å². The lowest BCUT2D eigenvalue weighted by Gasteiger charge is -2.56. The molecule has 0 aromatic heterocycles. The van der Waals surface area contributed by atoms with Crippen molar-refractivity contribution in [2.24, 2.45) is 11.8 Å². The molecule has 100 valence electrons. The average Bonchev–Trinajstić information content (AvgIpc) is 2.23. The first-order valence-electron chi connectivity index (χ1n) is 6.30. The molecule has 1 aliphatic heterocycles. The van der Waals surface area contributed by atoms with Gasteiger partial charge in [-0.3, -0.25) is 10.2 Å². The quantitative estimate of drug-likeness (QED) is 0.764. The van der Waals surface area contributed by atoms with Gasteiger partial charge in [0.25, 0.3) is 5.91 Å². The van der Waals surface area contributed by atoms with E-state index in [-0.39, 0.29) is 17.4 Å². The smallest absolute Gasteiger partial charge is 0.257 e. The number of rotatable bonds is 2. The number of nitriles is 1. The Hall–Kier alpha value is -1.34. The van der Waals surface area contributed by atoms with Gasteiger partial charge in [0.1, 0.15) is 0 Å². The Balaban J connectivity index is 3.13. The molecule has 0 saturated carbocycles. The van der Waals surface area contributed by atoms with Gasteiger partial charge in [0.05, 0.1) is 17.5 Å². The fourth-order valence-electron chi connectivity index (χ4n) is 3.35. The van der Waals surface area contributed by atoms with E-state index < -0.39 is 5.54 Å². The average molecular weight is 249 g/mol. The summed E-state index contributed by atoms with van der Waals surface area (Å²) in [5, 5.41) is 11.3. The molecule has 1 fully saturated rings. The molecule has 0 spiro atoms. The molecule has 2 unspecified atom stereocenters. The van der Waals surface area contributed by atoms with E-state index >= 15 is 0 Å². The molecule has 1 N–H and O–H groups in total. The third-order valence-electron chi connectivity index (χ3n) is 3.88. The Labute approximate surface area is 110 Å². The number of hydrogen-bond donors (Lipinski definition) is 1. The number of amides is 1. The zero-order valence-corrected chi connectivity index (χ0v) is 11.9. The van der Waals surface area contributed by atoms with Gasteiger partial charge in [-0.05, 0) is 46.1 Å². The minimum absolute atomic E-state index is 0.115. The van der Waals surface area contributed by atoms with E-state index in [4.69, 9.17) is 0 Å². The minimum Gasteiger partial charge on any atom is -0.284 e. The zero-order valence-electron chi connectivity index (χ0n) is 11.9. The Morgan fingerprint density at radius 1 is 1.50 bits per heavy atom. The van der Waals surface area contributed by atoms with Gasteiger partial charge in [-0.15, -0.1) is 0 Å². The molecule has 18 heavy (non-hydrogen) atoms. The fraction of sp³-hybridized carbons (Fsp3) is 0.714. The van der Waals surface area contributed by atoms with Crippen molar-refractivity contribution >= 4 is 5.91 Å². The van der Waals surface area contributed by atoms with Gasteiger partial charge in [-0.2, -0.15) is 5.26 Å². The van der Waals surface area contributed by atoms with E-state index in [0.29, 0.717) is 5.92 Å². The summed E-state index contributed by atoms with van der Waals surface area (Å²) < 4.78 is 0. The summed E-state index contributed by atoms with van der Waals surface area (Å²) in [5.74, 6) is -0.0464. The molecule has 0 aliphatic carbocycles. The highest BCUT2D eigenvalue weighted by molar-refractivity contribution is 5.86. The Bertz CT molecular complexity index is 392. The predicted molar refractivity (Wildman–Crippen MR) is 71.2 cm³/mol. The molecular weight excluding hydrogens is 226 g/mol.